The van der Waals surface area contributed by atoms with E-state index < -0.39 is 19.0 Å². The van der Waals surface area contributed by atoms with Gasteiger partial charge in [-0.3, -0.25) is 4.79 Å². The van der Waals surface area contributed by atoms with Crippen molar-refractivity contribution in [3.63, 3.8) is 0 Å². The number of ether oxygens (including phenoxy) is 1. The minimum Gasteiger partial charge on any atom is -0.444 e. The van der Waals surface area contributed by atoms with Gasteiger partial charge in [0.2, 0.25) is 5.91 Å². The van der Waals surface area contributed by atoms with Gasteiger partial charge in [-0.1, -0.05) is 54.6 Å². The minimum atomic E-state index is -1.85. The Morgan fingerprint density at radius 2 is 1.14 bits per heavy atom. The molecule has 5 nitrogen and oxygen atoms in total. The van der Waals surface area contributed by atoms with E-state index in [-0.39, 0.29) is 5.91 Å². The van der Waals surface area contributed by atoms with Crippen LogP contribution in [0.2, 0.25) is 0 Å². The summed E-state index contributed by atoms with van der Waals surface area (Å²) in [5.41, 5.74) is -0.514. The molecule has 0 aliphatic carbocycles. The van der Waals surface area contributed by atoms with Crippen LogP contribution in [-0.2, 0) is 9.53 Å². The fourth-order valence-corrected chi connectivity index (χ4v) is 8.84. The van der Waals surface area contributed by atoms with Crippen molar-refractivity contribution < 1.29 is 14.3 Å². The second-order valence-corrected chi connectivity index (χ2v) is 13.7. The number of hydrogen-bond donors (Lipinski definition) is 2. The number of rotatable bonds is 12. The number of carbonyl (C=O) groups excluding carboxylic acids is 2. The molecule has 0 spiro atoms. The van der Waals surface area contributed by atoms with Crippen LogP contribution in [-0.4, -0.2) is 36.9 Å². The molecule has 0 heterocycles. The van der Waals surface area contributed by atoms with Crippen LogP contribution in [0.3, 0.4) is 0 Å². The highest BCUT2D eigenvalue weighted by Gasteiger charge is 2.44. The van der Waals surface area contributed by atoms with Gasteiger partial charge in [-0.15, -0.1) is 0 Å². The first-order valence-corrected chi connectivity index (χ1v) is 15.1. The lowest BCUT2D eigenvalue weighted by atomic mass is 10.2. The summed E-state index contributed by atoms with van der Waals surface area (Å²) in [6.07, 6.45) is 3.53. The molecule has 2 N–H and O–H groups in total. The molecular weight excluding hydrogens is 479 g/mol. The highest BCUT2D eigenvalue weighted by atomic mass is 31.2. The zero-order chi connectivity index (χ0) is 26.6. The van der Waals surface area contributed by atoms with Gasteiger partial charge in [0.15, 0.2) is 0 Å². The van der Waals surface area contributed by atoms with Crippen molar-refractivity contribution in [2.24, 2.45) is 0 Å². The predicted octanol–water partition coefficient (Wildman–Crippen LogP) is 5.18. The van der Waals surface area contributed by atoms with E-state index in [1.54, 1.807) is 0 Å². The summed E-state index contributed by atoms with van der Waals surface area (Å²) in [5, 5.41) is 9.80. The van der Waals surface area contributed by atoms with Crippen LogP contribution in [0, 0.1) is 0 Å². The summed E-state index contributed by atoms with van der Waals surface area (Å²) < 4.78 is 5.22. The third-order valence-corrected chi connectivity index (χ3v) is 10.6. The van der Waals surface area contributed by atoms with Crippen LogP contribution in [0.15, 0.2) is 91.0 Å². The fourth-order valence-electron chi connectivity index (χ4n) is 4.43. The molecule has 0 saturated carbocycles. The fraction of sp³-hybridized carbons (Fsp3) is 0.355. The Hall–Kier alpha value is -3.17. The van der Waals surface area contributed by atoms with Crippen LogP contribution >= 0.6 is 7.26 Å². The van der Waals surface area contributed by atoms with Crippen molar-refractivity contribution in [1.82, 2.24) is 10.6 Å². The topological polar surface area (TPSA) is 67.4 Å². The summed E-state index contributed by atoms with van der Waals surface area (Å²) >= 11 is 0. The van der Waals surface area contributed by atoms with E-state index in [0.717, 1.165) is 19.0 Å². The molecule has 0 fully saturated rings. The van der Waals surface area contributed by atoms with Crippen molar-refractivity contribution in [2.45, 2.75) is 52.1 Å². The molecule has 196 valence electrons. The van der Waals surface area contributed by atoms with Gasteiger partial charge in [0.05, 0.1) is 6.16 Å². The summed E-state index contributed by atoms with van der Waals surface area (Å²) in [7, 11) is -1.85. The summed E-state index contributed by atoms with van der Waals surface area (Å²) in [6.45, 7) is 6.49. The Morgan fingerprint density at radius 1 is 0.676 bits per heavy atom. The summed E-state index contributed by atoms with van der Waals surface area (Å²) in [4.78, 5) is 24.1. The predicted molar refractivity (Wildman–Crippen MR) is 156 cm³/mol. The molecule has 3 aromatic carbocycles. The smallest absolute Gasteiger partial charge is 0.407 e. The van der Waals surface area contributed by atoms with Gasteiger partial charge in [-0.05, 0) is 76.4 Å². The lowest BCUT2D eigenvalue weighted by Crippen LogP contribution is -2.34. The Labute approximate surface area is 222 Å². The molecule has 0 atom stereocenters. The van der Waals surface area contributed by atoms with Gasteiger partial charge in [-0.2, -0.15) is 0 Å². The Bertz CT molecular complexity index is 1000. The van der Waals surface area contributed by atoms with Crippen LogP contribution in [0.1, 0.15) is 46.5 Å². The highest BCUT2D eigenvalue weighted by molar-refractivity contribution is 7.95. The van der Waals surface area contributed by atoms with Crippen molar-refractivity contribution in [3.05, 3.63) is 91.0 Å². The first kappa shape index (κ1) is 28.4. The van der Waals surface area contributed by atoms with Crippen LogP contribution in [0.5, 0.6) is 0 Å². The van der Waals surface area contributed by atoms with E-state index in [1.165, 1.54) is 15.9 Å². The first-order valence-electron chi connectivity index (χ1n) is 13.1. The van der Waals surface area contributed by atoms with Crippen LogP contribution in [0.4, 0.5) is 4.79 Å². The summed E-state index contributed by atoms with van der Waals surface area (Å²) in [6, 6.07) is 32.5. The SMILES string of the molecule is CC(C)(C)OC(=O)NCCCNC(=O)CCCC[P+](c1ccccc1)(c1ccccc1)c1ccccc1. The maximum atomic E-state index is 12.4. The summed E-state index contributed by atoms with van der Waals surface area (Å²) in [5.74, 6) is 0.0559. The number of nitrogens with one attached hydrogen (secondary N) is 2. The van der Waals surface area contributed by atoms with E-state index in [2.05, 4.69) is 102 Å². The minimum absolute atomic E-state index is 0.0559. The number of benzene rings is 3. The van der Waals surface area contributed by atoms with Crippen molar-refractivity contribution >= 4 is 35.2 Å². The molecule has 0 radical (unpaired) electrons. The highest BCUT2D eigenvalue weighted by Crippen LogP contribution is 2.55. The number of hydrogen-bond acceptors (Lipinski definition) is 3. The second kappa shape index (κ2) is 13.9. The zero-order valence-electron chi connectivity index (χ0n) is 22.3. The third kappa shape index (κ3) is 8.72. The van der Waals surface area contributed by atoms with E-state index in [1.807, 2.05) is 20.8 Å². The standard InChI is InChI=1S/C31H39N2O3P/c1-31(2,3)36-30(35)33-24-15-23-32-29(34)22-13-14-25-37(26-16-7-4-8-17-26,27-18-9-5-10-19-27)28-20-11-6-12-21-28/h4-12,16-21H,13-15,22-25H2,1-3H3,(H-,32,33,34,35)/p+1. The van der Waals surface area contributed by atoms with Gasteiger partial charge in [0.25, 0.3) is 0 Å². The first-order chi connectivity index (χ1) is 17.8. The maximum Gasteiger partial charge on any atom is 0.407 e. The van der Waals surface area contributed by atoms with E-state index in [4.69, 9.17) is 4.74 Å². The number of alkyl carbamates (subject to hydrolysis) is 1. The lowest BCUT2D eigenvalue weighted by molar-refractivity contribution is -0.121. The van der Waals surface area contributed by atoms with Crippen molar-refractivity contribution in [1.29, 1.82) is 0 Å². The molecule has 0 aliphatic rings. The number of amides is 2. The van der Waals surface area contributed by atoms with Crippen LogP contribution in [0.25, 0.3) is 0 Å². The molecule has 0 aliphatic heterocycles. The van der Waals surface area contributed by atoms with E-state index >= 15 is 0 Å². The normalized spacial score (nSPS) is 11.5. The Morgan fingerprint density at radius 3 is 1.59 bits per heavy atom. The van der Waals surface area contributed by atoms with Gasteiger partial charge in [-0.25, -0.2) is 4.79 Å². The van der Waals surface area contributed by atoms with Gasteiger partial charge in [0, 0.05) is 19.5 Å². The Kier molecular flexibility index (Phi) is 10.7. The third-order valence-electron chi connectivity index (χ3n) is 6.08. The molecule has 2 amide bonds. The quantitative estimate of drug-likeness (QED) is 0.256. The largest absolute Gasteiger partial charge is 0.444 e. The van der Waals surface area contributed by atoms with Gasteiger partial charge >= 0.3 is 6.09 Å². The van der Waals surface area contributed by atoms with Gasteiger partial charge in [0.1, 0.15) is 28.8 Å². The molecule has 0 aromatic heterocycles. The molecule has 0 unspecified atom stereocenters. The van der Waals surface area contributed by atoms with E-state index in [9.17, 15) is 9.59 Å². The second-order valence-electron chi connectivity index (χ2n) is 10.1. The van der Waals surface area contributed by atoms with Gasteiger partial charge < -0.3 is 15.4 Å². The molecule has 0 bridgehead atoms. The molecule has 3 rings (SSSR count). The number of unbranched alkanes of at least 4 members (excludes halogenated alkanes) is 1. The zero-order valence-corrected chi connectivity index (χ0v) is 23.2. The average Bonchev–Trinajstić information content (AvgIpc) is 2.89. The average molecular weight is 520 g/mol. The van der Waals surface area contributed by atoms with E-state index in [0.29, 0.717) is 25.9 Å². The van der Waals surface area contributed by atoms with Crippen molar-refractivity contribution in [2.75, 3.05) is 19.3 Å². The molecule has 37 heavy (non-hydrogen) atoms. The maximum absolute atomic E-state index is 12.4. The van der Waals surface area contributed by atoms with Crippen LogP contribution < -0.4 is 26.5 Å². The Balaban J connectivity index is 1.56. The lowest BCUT2D eigenvalue weighted by Gasteiger charge is -2.27. The molecular formula is C31H40N2O3P+. The van der Waals surface area contributed by atoms with Crippen molar-refractivity contribution in [3.8, 4) is 0 Å². The number of carbonyl (C=O) groups is 2. The monoisotopic (exact) mass is 519 g/mol. The molecule has 6 heteroatoms. The molecule has 0 saturated heterocycles. The molecule has 3 aromatic rings.